The average Bonchev–Trinajstić information content (AvgIpc) is 2.01. The molecule has 1 aliphatic carbocycles. The van der Waals surface area contributed by atoms with Crippen LogP contribution in [-0.2, 0) is 0 Å². The molecular formula is C11H24N2O. The first-order valence-corrected chi connectivity index (χ1v) is 5.45. The van der Waals surface area contributed by atoms with Gasteiger partial charge in [0.2, 0.25) is 0 Å². The van der Waals surface area contributed by atoms with Crippen molar-refractivity contribution in [1.82, 2.24) is 5.32 Å². The summed E-state index contributed by atoms with van der Waals surface area (Å²) >= 11 is 0. The normalized spacial score (nSPS) is 37.1. The highest BCUT2D eigenvalue weighted by Gasteiger charge is 2.39. The number of rotatable bonds is 3. The summed E-state index contributed by atoms with van der Waals surface area (Å²) in [5, 5.41) is 12.0. The smallest absolute Gasteiger partial charge is 0.0933 e. The van der Waals surface area contributed by atoms with Crippen molar-refractivity contribution in [2.24, 2.45) is 16.6 Å². The van der Waals surface area contributed by atoms with E-state index in [-0.39, 0.29) is 12.1 Å². The fourth-order valence-corrected chi connectivity index (χ4v) is 3.06. The summed E-state index contributed by atoms with van der Waals surface area (Å²) < 4.78 is 0. The highest BCUT2D eigenvalue weighted by Crippen LogP contribution is 2.45. The number of nitrogens with two attached hydrogens (primary N) is 1. The van der Waals surface area contributed by atoms with E-state index in [0.29, 0.717) is 11.5 Å². The molecule has 0 aliphatic heterocycles. The Morgan fingerprint density at radius 1 is 1.36 bits per heavy atom. The van der Waals surface area contributed by atoms with Crippen LogP contribution < -0.4 is 11.1 Å². The van der Waals surface area contributed by atoms with Gasteiger partial charge in [0.15, 0.2) is 0 Å². The van der Waals surface area contributed by atoms with Crippen molar-refractivity contribution in [2.45, 2.75) is 46.1 Å². The molecule has 0 spiro atoms. The Labute approximate surface area is 87.1 Å². The Hall–Kier alpha value is -0.120. The number of aliphatic hydroxyl groups excluding tert-OH is 1. The van der Waals surface area contributed by atoms with Gasteiger partial charge in [-0.15, -0.1) is 0 Å². The molecule has 0 heterocycles. The Balaban J connectivity index is 2.67. The number of hydrogen-bond acceptors (Lipinski definition) is 3. The third-order valence-corrected chi connectivity index (χ3v) is 3.32. The first-order chi connectivity index (χ1) is 6.41. The third kappa shape index (κ3) is 2.94. The lowest BCUT2D eigenvalue weighted by Crippen LogP contribution is -2.47. The molecule has 4 N–H and O–H groups in total. The van der Waals surface area contributed by atoms with E-state index in [0.717, 1.165) is 19.4 Å². The lowest BCUT2D eigenvalue weighted by molar-refractivity contribution is 0.0660. The van der Waals surface area contributed by atoms with Gasteiger partial charge in [0.25, 0.3) is 0 Å². The van der Waals surface area contributed by atoms with E-state index in [1.54, 1.807) is 0 Å². The quantitative estimate of drug-likeness (QED) is 0.597. The van der Waals surface area contributed by atoms with Gasteiger partial charge in [-0.05, 0) is 36.6 Å². The molecule has 2 unspecified atom stereocenters. The lowest BCUT2D eigenvalue weighted by atomic mass is 9.63. The minimum Gasteiger partial charge on any atom is -0.381 e. The van der Waals surface area contributed by atoms with Gasteiger partial charge in [-0.2, -0.15) is 0 Å². The second-order valence-electron chi connectivity index (χ2n) is 5.82. The standard InChI is InChI=1S/C11H24N2O/c1-10(2)4-9(13-8-14)5-11(3,6-10)7-12/h9,13-14H,4-8,12H2,1-3H3. The van der Waals surface area contributed by atoms with Crippen LogP contribution in [0.1, 0.15) is 40.0 Å². The molecule has 2 atom stereocenters. The van der Waals surface area contributed by atoms with Crippen LogP contribution in [0.15, 0.2) is 0 Å². The fourth-order valence-electron chi connectivity index (χ4n) is 3.06. The summed E-state index contributed by atoms with van der Waals surface area (Å²) in [5.74, 6) is 0. The molecule has 3 heteroatoms. The monoisotopic (exact) mass is 200 g/mol. The molecular weight excluding hydrogens is 176 g/mol. The summed E-state index contributed by atoms with van der Waals surface area (Å²) in [6, 6.07) is 0.414. The second-order valence-corrected chi connectivity index (χ2v) is 5.82. The minimum absolute atomic E-state index is 0.0708. The van der Waals surface area contributed by atoms with Gasteiger partial charge in [-0.1, -0.05) is 20.8 Å². The fraction of sp³-hybridized carbons (Fsp3) is 1.00. The molecule has 1 saturated carbocycles. The molecule has 0 amide bonds. The molecule has 1 aliphatic rings. The van der Waals surface area contributed by atoms with Crippen molar-refractivity contribution in [2.75, 3.05) is 13.3 Å². The average molecular weight is 200 g/mol. The molecule has 14 heavy (non-hydrogen) atoms. The maximum atomic E-state index is 8.89. The van der Waals surface area contributed by atoms with Crippen molar-refractivity contribution in [3.8, 4) is 0 Å². The Morgan fingerprint density at radius 2 is 2.00 bits per heavy atom. The highest BCUT2D eigenvalue weighted by molar-refractivity contribution is 4.94. The van der Waals surface area contributed by atoms with Gasteiger partial charge >= 0.3 is 0 Å². The van der Waals surface area contributed by atoms with Gasteiger partial charge < -0.3 is 10.8 Å². The van der Waals surface area contributed by atoms with Gasteiger partial charge in [-0.3, -0.25) is 5.32 Å². The predicted molar refractivity (Wildman–Crippen MR) is 58.8 cm³/mol. The van der Waals surface area contributed by atoms with Crippen LogP contribution in [0.2, 0.25) is 0 Å². The van der Waals surface area contributed by atoms with E-state index in [4.69, 9.17) is 10.8 Å². The Morgan fingerprint density at radius 3 is 2.50 bits per heavy atom. The first-order valence-electron chi connectivity index (χ1n) is 5.45. The van der Waals surface area contributed by atoms with E-state index < -0.39 is 0 Å². The molecule has 1 rings (SSSR count). The molecule has 0 bridgehead atoms. The maximum absolute atomic E-state index is 8.89. The molecule has 0 saturated heterocycles. The zero-order valence-electron chi connectivity index (χ0n) is 9.64. The van der Waals surface area contributed by atoms with Gasteiger partial charge in [0.05, 0.1) is 6.73 Å². The minimum atomic E-state index is 0.0708. The second kappa shape index (κ2) is 4.17. The zero-order valence-corrected chi connectivity index (χ0v) is 9.64. The van der Waals surface area contributed by atoms with E-state index in [2.05, 4.69) is 26.1 Å². The molecule has 0 radical (unpaired) electrons. The first kappa shape index (κ1) is 12.0. The summed E-state index contributed by atoms with van der Waals surface area (Å²) in [4.78, 5) is 0. The highest BCUT2D eigenvalue weighted by atomic mass is 16.3. The third-order valence-electron chi connectivity index (χ3n) is 3.32. The topological polar surface area (TPSA) is 58.3 Å². The molecule has 1 fully saturated rings. The van der Waals surface area contributed by atoms with Gasteiger partial charge in [-0.25, -0.2) is 0 Å². The van der Waals surface area contributed by atoms with Crippen LogP contribution in [0.25, 0.3) is 0 Å². The van der Waals surface area contributed by atoms with Gasteiger partial charge in [0, 0.05) is 6.04 Å². The van der Waals surface area contributed by atoms with Crippen molar-refractivity contribution in [3.05, 3.63) is 0 Å². The SMILES string of the molecule is CC1(C)CC(NCO)CC(C)(CN)C1. The van der Waals surface area contributed by atoms with Crippen molar-refractivity contribution >= 4 is 0 Å². The maximum Gasteiger partial charge on any atom is 0.0933 e. The van der Waals surface area contributed by atoms with Crippen LogP contribution in [0, 0.1) is 10.8 Å². The van der Waals surface area contributed by atoms with Crippen molar-refractivity contribution in [3.63, 3.8) is 0 Å². The zero-order chi connectivity index (χ0) is 10.8. The summed E-state index contributed by atoms with van der Waals surface area (Å²) in [6.07, 6.45) is 3.39. The molecule has 0 aromatic rings. The van der Waals surface area contributed by atoms with Crippen LogP contribution in [0.3, 0.4) is 0 Å². The van der Waals surface area contributed by atoms with Crippen molar-refractivity contribution < 1.29 is 5.11 Å². The number of hydrogen-bond donors (Lipinski definition) is 3. The molecule has 0 aromatic carbocycles. The van der Waals surface area contributed by atoms with E-state index >= 15 is 0 Å². The number of nitrogens with one attached hydrogen (secondary N) is 1. The van der Waals surface area contributed by atoms with Crippen molar-refractivity contribution in [1.29, 1.82) is 0 Å². The van der Waals surface area contributed by atoms with E-state index in [1.165, 1.54) is 6.42 Å². The van der Waals surface area contributed by atoms with Crippen LogP contribution in [-0.4, -0.2) is 24.4 Å². The van der Waals surface area contributed by atoms with Crippen LogP contribution in [0.5, 0.6) is 0 Å². The predicted octanol–water partition coefficient (Wildman–Crippen LogP) is 1.07. The van der Waals surface area contributed by atoms with Crippen LogP contribution >= 0.6 is 0 Å². The lowest BCUT2D eigenvalue weighted by Gasteiger charge is -2.46. The van der Waals surface area contributed by atoms with E-state index in [9.17, 15) is 0 Å². The molecule has 84 valence electrons. The summed E-state index contributed by atoms with van der Waals surface area (Å²) in [6.45, 7) is 7.62. The van der Waals surface area contributed by atoms with E-state index in [1.807, 2.05) is 0 Å². The summed E-state index contributed by atoms with van der Waals surface area (Å²) in [5.41, 5.74) is 6.39. The summed E-state index contributed by atoms with van der Waals surface area (Å²) in [7, 11) is 0. The number of aliphatic hydroxyl groups is 1. The molecule has 3 nitrogen and oxygen atoms in total. The largest absolute Gasteiger partial charge is 0.381 e. The Kier molecular flexibility index (Phi) is 3.56. The van der Waals surface area contributed by atoms with Gasteiger partial charge in [0.1, 0.15) is 0 Å². The van der Waals surface area contributed by atoms with Crippen LogP contribution in [0.4, 0.5) is 0 Å². The molecule has 0 aromatic heterocycles. The Bertz CT molecular complexity index is 194.